The topological polar surface area (TPSA) is 43.8 Å². The lowest BCUT2D eigenvalue weighted by molar-refractivity contribution is 0.0702. The summed E-state index contributed by atoms with van der Waals surface area (Å²) in [6, 6.07) is 18.5. The first-order valence-corrected chi connectivity index (χ1v) is 8.84. The molecule has 3 aromatic rings. The van der Waals surface area contributed by atoms with Crippen LogP contribution in [0.25, 0.3) is 10.1 Å². The van der Waals surface area contributed by atoms with Crippen molar-refractivity contribution in [2.45, 2.75) is 0 Å². The molecule has 122 valence electrons. The molecule has 0 bridgehead atoms. The normalized spacial score (nSPS) is 15.0. The fraction of sp³-hybridized carbons (Fsp3) is 0.211. The van der Waals surface area contributed by atoms with Gasteiger partial charge in [0, 0.05) is 42.3 Å². The molecule has 1 fully saturated rings. The minimum absolute atomic E-state index is 0.399. The Labute approximate surface area is 144 Å². The van der Waals surface area contributed by atoms with Gasteiger partial charge in [0.1, 0.15) is 4.88 Å². The second-order valence-electron chi connectivity index (χ2n) is 5.95. The highest BCUT2D eigenvalue weighted by atomic mass is 32.1. The van der Waals surface area contributed by atoms with E-state index in [1.165, 1.54) is 22.7 Å². The van der Waals surface area contributed by atoms with Gasteiger partial charge in [-0.3, -0.25) is 0 Å². The second kappa shape index (κ2) is 6.17. The third kappa shape index (κ3) is 2.83. The van der Waals surface area contributed by atoms with E-state index in [9.17, 15) is 4.79 Å². The first kappa shape index (κ1) is 15.0. The standard InChI is InChI=1S/C19H18N2O2S/c22-19(23)18-12-14-6-7-16(13-17(14)24-18)21-10-8-20(9-11-21)15-4-2-1-3-5-15/h1-7,12-13H,8-11H2,(H,22,23). The number of anilines is 2. The molecule has 0 unspecified atom stereocenters. The lowest BCUT2D eigenvalue weighted by Crippen LogP contribution is -2.46. The van der Waals surface area contributed by atoms with Crippen LogP contribution >= 0.6 is 11.3 Å². The number of thiophene rings is 1. The van der Waals surface area contributed by atoms with E-state index in [0.717, 1.165) is 36.3 Å². The zero-order valence-corrected chi connectivity index (χ0v) is 14.0. The fourth-order valence-corrected chi connectivity index (χ4v) is 4.12. The number of carbonyl (C=O) groups is 1. The lowest BCUT2D eigenvalue weighted by atomic mass is 10.2. The Morgan fingerprint density at radius 3 is 2.21 bits per heavy atom. The first-order chi connectivity index (χ1) is 11.7. The van der Waals surface area contributed by atoms with Crippen molar-refractivity contribution in [1.82, 2.24) is 0 Å². The van der Waals surface area contributed by atoms with Crippen LogP contribution in [0.1, 0.15) is 9.67 Å². The molecule has 5 heteroatoms. The van der Waals surface area contributed by atoms with Crippen LogP contribution in [0, 0.1) is 0 Å². The number of rotatable bonds is 3. The van der Waals surface area contributed by atoms with E-state index in [0.29, 0.717) is 4.88 Å². The van der Waals surface area contributed by atoms with Crippen molar-refractivity contribution >= 4 is 38.8 Å². The highest BCUT2D eigenvalue weighted by Crippen LogP contribution is 2.30. The van der Waals surface area contributed by atoms with Crippen molar-refractivity contribution in [2.24, 2.45) is 0 Å². The highest BCUT2D eigenvalue weighted by molar-refractivity contribution is 7.20. The van der Waals surface area contributed by atoms with Gasteiger partial charge in [-0.2, -0.15) is 0 Å². The smallest absolute Gasteiger partial charge is 0.345 e. The summed E-state index contributed by atoms with van der Waals surface area (Å²) in [5.41, 5.74) is 2.45. The molecular formula is C19H18N2O2S. The van der Waals surface area contributed by atoms with Crippen LogP contribution in [0.2, 0.25) is 0 Å². The average molecular weight is 338 g/mol. The van der Waals surface area contributed by atoms with Crippen molar-refractivity contribution in [3.8, 4) is 0 Å². The quantitative estimate of drug-likeness (QED) is 0.786. The van der Waals surface area contributed by atoms with E-state index in [2.05, 4.69) is 46.2 Å². The van der Waals surface area contributed by atoms with Gasteiger partial charge in [-0.05, 0) is 35.7 Å². The molecule has 2 aromatic carbocycles. The number of hydrogen-bond donors (Lipinski definition) is 1. The van der Waals surface area contributed by atoms with E-state index in [4.69, 9.17) is 5.11 Å². The molecule has 1 saturated heterocycles. The van der Waals surface area contributed by atoms with Gasteiger partial charge < -0.3 is 14.9 Å². The molecule has 0 amide bonds. The fourth-order valence-electron chi connectivity index (χ4n) is 3.18. The van der Waals surface area contributed by atoms with Crippen molar-refractivity contribution in [3.05, 3.63) is 59.5 Å². The van der Waals surface area contributed by atoms with Crippen molar-refractivity contribution in [2.75, 3.05) is 36.0 Å². The third-order valence-electron chi connectivity index (χ3n) is 4.48. The van der Waals surface area contributed by atoms with Gasteiger partial charge >= 0.3 is 5.97 Å². The Morgan fingerprint density at radius 2 is 1.54 bits per heavy atom. The molecule has 24 heavy (non-hydrogen) atoms. The largest absolute Gasteiger partial charge is 0.477 e. The van der Waals surface area contributed by atoms with Crippen molar-refractivity contribution in [1.29, 1.82) is 0 Å². The van der Waals surface area contributed by atoms with Crippen LogP contribution in [0.4, 0.5) is 11.4 Å². The van der Waals surface area contributed by atoms with Gasteiger partial charge in [-0.25, -0.2) is 4.79 Å². The van der Waals surface area contributed by atoms with Gasteiger partial charge in [0.05, 0.1) is 0 Å². The maximum atomic E-state index is 11.1. The summed E-state index contributed by atoms with van der Waals surface area (Å²) in [4.78, 5) is 16.3. The molecule has 0 spiro atoms. The molecule has 1 aliphatic heterocycles. The number of carboxylic acid groups (broad SMARTS) is 1. The molecule has 4 nitrogen and oxygen atoms in total. The molecule has 0 atom stereocenters. The van der Waals surface area contributed by atoms with Crippen LogP contribution in [0.3, 0.4) is 0 Å². The van der Waals surface area contributed by atoms with E-state index in [1.807, 2.05) is 12.1 Å². The number of nitrogens with zero attached hydrogens (tertiary/aromatic N) is 2. The van der Waals surface area contributed by atoms with Gasteiger partial charge in [0.25, 0.3) is 0 Å². The molecule has 1 aliphatic rings. The zero-order valence-electron chi connectivity index (χ0n) is 13.2. The maximum absolute atomic E-state index is 11.1. The molecule has 4 rings (SSSR count). The third-order valence-corrected chi connectivity index (χ3v) is 5.57. The Hall–Kier alpha value is -2.53. The molecule has 0 radical (unpaired) electrons. The summed E-state index contributed by atoms with van der Waals surface area (Å²) in [7, 11) is 0. The summed E-state index contributed by atoms with van der Waals surface area (Å²) in [5.74, 6) is -0.853. The van der Waals surface area contributed by atoms with Gasteiger partial charge in [-0.1, -0.05) is 24.3 Å². The molecule has 0 saturated carbocycles. The van der Waals surface area contributed by atoms with Crippen molar-refractivity contribution < 1.29 is 9.90 Å². The first-order valence-electron chi connectivity index (χ1n) is 8.02. The Morgan fingerprint density at radius 1 is 0.875 bits per heavy atom. The predicted molar refractivity (Wildman–Crippen MR) is 99.7 cm³/mol. The predicted octanol–water partition coefficient (Wildman–Crippen LogP) is 3.93. The minimum atomic E-state index is -0.853. The summed E-state index contributed by atoms with van der Waals surface area (Å²) >= 11 is 1.34. The summed E-state index contributed by atoms with van der Waals surface area (Å²) in [6.45, 7) is 3.93. The van der Waals surface area contributed by atoms with Crippen LogP contribution < -0.4 is 9.80 Å². The van der Waals surface area contributed by atoms with Gasteiger partial charge in [-0.15, -0.1) is 11.3 Å². The molecule has 0 aliphatic carbocycles. The van der Waals surface area contributed by atoms with Crippen LogP contribution in [0.5, 0.6) is 0 Å². The zero-order chi connectivity index (χ0) is 16.5. The number of para-hydroxylation sites is 1. The Balaban J connectivity index is 1.51. The molecule has 1 aromatic heterocycles. The van der Waals surface area contributed by atoms with Crippen LogP contribution in [-0.2, 0) is 0 Å². The molecule has 1 N–H and O–H groups in total. The van der Waals surface area contributed by atoms with Gasteiger partial charge in [0.15, 0.2) is 0 Å². The number of fused-ring (bicyclic) bond motifs is 1. The monoisotopic (exact) mass is 338 g/mol. The van der Waals surface area contributed by atoms with E-state index in [-0.39, 0.29) is 0 Å². The van der Waals surface area contributed by atoms with Gasteiger partial charge in [0.2, 0.25) is 0 Å². The molecule has 2 heterocycles. The maximum Gasteiger partial charge on any atom is 0.345 e. The number of carboxylic acids is 1. The number of benzene rings is 2. The van der Waals surface area contributed by atoms with E-state index in [1.54, 1.807) is 6.07 Å². The average Bonchev–Trinajstić information content (AvgIpc) is 3.06. The number of hydrogen-bond acceptors (Lipinski definition) is 4. The Kier molecular flexibility index (Phi) is 3.86. The van der Waals surface area contributed by atoms with E-state index < -0.39 is 5.97 Å². The SMILES string of the molecule is O=C(O)c1cc2ccc(N3CCN(c4ccccc4)CC3)cc2s1. The van der Waals surface area contributed by atoms with Crippen LogP contribution in [-0.4, -0.2) is 37.3 Å². The second-order valence-corrected chi connectivity index (χ2v) is 7.03. The highest BCUT2D eigenvalue weighted by Gasteiger charge is 2.18. The molecular weight excluding hydrogens is 320 g/mol. The Bertz CT molecular complexity index is 867. The number of piperazine rings is 1. The summed E-state index contributed by atoms with van der Waals surface area (Å²) < 4.78 is 1.04. The minimum Gasteiger partial charge on any atom is -0.477 e. The summed E-state index contributed by atoms with van der Waals surface area (Å²) in [6.07, 6.45) is 0. The van der Waals surface area contributed by atoms with Crippen LogP contribution in [0.15, 0.2) is 54.6 Å². The van der Waals surface area contributed by atoms with E-state index >= 15 is 0 Å². The number of aromatic carboxylic acids is 1. The van der Waals surface area contributed by atoms with Crippen molar-refractivity contribution in [3.63, 3.8) is 0 Å². The summed E-state index contributed by atoms with van der Waals surface area (Å²) in [5, 5.41) is 10.1. The lowest BCUT2D eigenvalue weighted by Gasteiger charge is -2.37.